The number of hydrogen-bond acceptors (Lipinski definition) is 3. The molecule has 0 aromatic heterocycles. The van der Waals surface area contributed by atoms with Gasteiger partial charge in [-0.2, -0.15) is 0 Å². The molecule has 0 radical (unpaired) electrons. The molecule has 21 heavy (non-hydrogen) atoms. The quantitative estimate of drug-likeness (QED) is 0.796. The second-order valence-corrected chi connectivity index (χ2v) is 7.35. The maximum Gasteiger partial charge on any atom is 0.325 e. The van der Waals surface area contributed by atoms with Crippen LogP contribution in [0, 0.1) is 0 Å². The summed E-state index contributed by atoms with van der Waals surface area (Å²) >= 11 is 0. The average Bonchev–Trinajstić information content (AvgIpc) is 2.74. The van der Waals surface area contributed by atoms with Crippen LogP contribution in [-0.4, -0.2) is 40.6 Å². The zero-order valence-electron chi connectivity index (χ0n) is 13.1. The first-order chi connectivity index (χ1) is 9.93. The molecule has 3 amide bonds. The van der Waals surface area contributed by atoms with Crippen molar-refractivity contribution in [2.45, 2.75) is 82.5 Å². The molecule has 118 valence electrons. The van der Waals surface area contributed by atoms with Gasteiger partial charge in [-0.25, -0.2) is 4.79 Å². The van der Waals surface area contributed by atoms with Gasteiger partial charge in [0.15, 0.2) is 0 Å². The lowest BCUT2D eigenvalue weighted by molar-refractivity contribution is -0.128. The van der Waals surface area contributed by atoms with Crippen molar-refractivity contribution in [3.05, 3.63) is 0 Å². The summed E-state index contributed by atoms with van der Waals surface area (Å²) < 4.78 is 6.03. The number of amides is 3. The fraction of sp³-hybridized carbons (Fsp3) is 0.875. The Hall–Kier alpha value is -1.10. The molecule has 1 aliphatic carbocycles. The smallest absolute Gasteiger partial charge is 0.325 e. The van der Waals surface area contributed by atoms with E-state index in [1.165, 1.54) is 0 Å². The summed E-state index contributed by atoms with van der Waals surface area (Å²) in [5.74, 6) is -0.0911. The number of ether oxygens (including phenoxy) is 1. The molecule has 1 saturated carbocycles. The van der Waals surface area contributed by atoms with Gasteiger partial charge >= 0.3 is 6.03 Å². The van der Waals surface area contributed by atoms with Gasteiger partial charge in [-0.15, -0.1) is 0 Å². The molecule has 5 heteroatoms. The van der Waals surface area contributed by atoms with Gasteiger partial charge in [0, 0.05) is 6.54 Å². The fourth-order valence-corrected chi connectivity index (χ4v) is 4.08. The average molecular weight is 294 g/mol. The van der Waals surface area contributed by atoms with E-state index in [0.29, 0.717) is 6.54 Å². The molecule has 1 spiro atoms. The van der Waals surface area contributed by atoms with Crippen LogP contribution in [0.2, 0.25) is 0 Å². The first kappa shape index (κ1) is 14.8. The van der Waals surface area contributed by atoms with Gasteiger partial charge in [0.1, 0.15) is 5.54 Å². The number of carbonyl (C=O) groups excluding carboxylic acids is 2. The van der Waals surface area contributed by atoms with Crippen molar-refractivity contribution in [3.63, 3.8) is 0 Å². The molecule has 1 atom stereocenters. The molecule has 2 saturated heterocycles. The number of carbonyl (C=O) groups is 2. The molecule has 0 bridgehead atoms. The third-order valence-corrected chi connectivity index (χ3v) is 5.28. The van der Waals surface area contributed by atoms with Gasteiger partial charge in [0.2, 0.25) is 0 Å². The van der Waals surface area contributed by atoms with E-state index in [1.807, 2.05) is 0 Å². The monoisotopic (exact) mass is 294 g/mol. The Morgan fingerprint density at radius 1 is 1.14 bits per heavy atom. The predicted octanol–water partition coefficient (Wildman–Crippen LogP) is 2.59. The van der Waals surface area contributed by atoms with Crippen molar-refractivity contribution in [1.82, 2.24) is 10.2 Å². The van der Waals surface area contributed by atoms with Gasteiger partial charge in [0.25, 0.3) is 5.91 Å². The van der Waals surface area contributed by atoms with Crippen molar-refractivity contribution in [2.75, 3.05) is 6.54 Å². The van der Waals surface area contributed by atoms with Gasteiger partial charge < -0.3 is 9.64 Å². The van der Waals surface area contributed by atoms with Gasteiger partial charge in [0.05, 0.1) is 11.7 Å². The molecule has 3 aliphatic rings. The second kappa shape index (κ2) is 5.27. The number of imide groups is 1. The summed E-state index contributed by atoms with van der Waals surface area (Å²) in [7, 11) is 0. The normalized spacial score (nSPS) is 31.5. The third kappa shape index (κ3) is 2.68. The number of nitrogens with zero attached hydrogens (tertiary/aromatic N) is 1. The van der Waals surface area contributed by atoms with E-state index < -0.39 is 5.54 Å². The lowest BCUT2D eigenvalue weighted by atomic mass is 9.88. The summed E-state index contributed by atoms with van der Waals surface area (Å²) in [5.41, 5.74) is -0.717. The van der Waals surface area contributed by atoms with Crippen LogP contribution in [-0.2, 0) is 9.53 Å². The molecule has 1 N–H and O–H groups in total. The second-order valence-electron chi connectivity index (χ2n) is 7.35. The van der Waals surface area contributed by atoms with E-state index in [4.69, 9.17) is 4.74 Å². The van der Waals surface area contributed by atoms with Crippen LogP contribution in [0.3, 0.4) is 0 Å². The molecule has 0 aromatic rings. The van der Waals surface area contributed by atoms with Crippen LogP contribution in [0.25, 0.3) is 0 Å². The fourth-order valence-electron chi connectivity index (χ4n) is 4.08. The lowest BCUT2D eigenvalue weighted by Gasteiger charge is -2.36. The topological polar surface area (TPSA) is 58.6 Å². The maximum absolute atomic E-state index is 12.4. The van der Waals surface area contributed by atoms with Crippen molar-refractivity contribution >= 4 is 11.9 Å². The summed E-state index contributed by atoms with van der Waals surface area (Å²) in [6, 6.07) is -0.227. The van der Waals surface area contributed by atoms with E-state index in [9.17, 15) is 9.59 Å². The minimum absolute atomic E-state index is 0.0526. The molecule has 5 nitrogen and oxygen atoms in total. The Morgan fingerprint density at radius 2 is 1.81 bits per heavy atom. The molecule has 2 aliphatic heterocycles. The van der Waals surface area contributed by atoms with Crippen LogP contribution in [0.1, 0.15) is 65.2 Å². The van der Waals surface area contributed by atoms with E-state index in [2.05, 4.69) is 19.2 Å². The highest BCUT2D eigenvalue weighted by molar-refractivity contribution is 6.07. The number of nitrogens with one attached hydrogen (secondary N) is 1. The SMILES string of the molecule is CC1(C)CCC(CN2C(=O)NC(=O)C23CCCCCC3)O1. The molecule has 1 unspecified atom stereocenters. The van der Waals surface area contributed by atoms with Crippen LogP contribution >= 0.6 is 0 Å². The highest BCUT2D eigenvalue weighted by Gasteiger charge is 2.53. The lowest BCUT2D eigenvalue weighted by Crippen LogP contribution is -2.51. The minimum Gasteiger partial charge on any atom is -0.371 e. The van der Waals surface area contributed by atoms with Crippen LogP contribution in [0.5, 0.6) is 0 Å². The highest BCUT2D eigenvalue weighted by atomic mass is 16.5. The van der Waals surface area contributed by atoms with E-state index >= 15 is 0 Å². The van der Waals surface area contributed by atoms with Crippen LogP contribution in [0.4, 0.5) is 4.79 Å². The summed E-state index contributed by atoms with van der Waals surface area (Å²) in [6.07, 6.45) is 7.96. The summed E-state index contributed by atoms with van der Waals surface area (Å²) in [4.78, 5) is 26.5. The molecule has 3 rings (SSSR count). The predicted molar refractivity (Wildman–Crippen MR) is 78.9 cm³/mol. The Balaban J connectivity index is 1.77. The Labute approximate surface area is 126 Å². The molecule has 0 aromatic carbocycles. The Kier molecular flexibility index (Phi) is 3.72. The number of rotatable bonds is 2. The molecular formula is C16H26N2O3. The van der Waals surface area contributed by atoms with Crippen LogP contribution < -0.4 is 5.32 Å². The first-order valence-corrected chi connectivity index (χ1v) is 8.24. The third-order valence-electron chi connectivity index (χ3n) is 5.28. The maximum atomic E-state index is 12.4. The summed E-state index contributed by atoms with van der Waals surface area (Å²) in [5, 5.41) is 2.54. The van der Waals surface area contributed by atoms with Crippen molar-refractivity contribution in [2.24, 2.45) is 0 Å². The molecule has 3 fully saturated rings. The Morgan fingerprint density at radius 3 is 2.38 bits per heavy atom. The molecular weight excluding hydrogens is 268 g/mol. The van der Waals surface area contributed by atoms with Crippen molar-refractivity contribution < 1.29 is 14.3 Å². The number of urea groups is 1. The van der Waals surface area contributed by atoms with Gasteiger partial charge in [-0.3, -0.25) is 10.1 Å². The van der Waals surface area contributed by atoms with Gasteiger partial charge in [-0.05, 0) is 39.5 Å². The van der Waals surface area contributed by atoms with Crippen molar-refractivity contribution in [1.29, 1.82) is 0 Å². The van der Waals surface area contributed by atoms with E-state index in [1.54, 1.807) is 4.90 Å². The largest absolute Gasteiger partial charge is 0.371 e. The number of hydrogen-bond donors (Lipinski definition) is 1. The standard InChI is InChI=1S/C16H26N2O3/c1-15(2)10-7-12(21-15)11-18-14(20)17-13(19)16(18)8-5-3-4-6-9-16/h12H,3-11H2,1-2H3,(H,17,19,20). The van der Waals surface area contributed by atoms with Gasteiger partial charge in [-0.1, -0.05) is 25.7 Å². The zero-order chi connectivity index (χ0) is 15.1. The van der Waals surface area contributed by atoms with E-state index in [0.717, 1.165) is 51.4 Å². The minimum atomic E-state index is -0.607. The summed E-state index contributed by atoms with van der Waals surface area (Å²) in [6.45, 7) is 4.72. The first-order valence-electron chi connectivity index (χ1n) is 8.24. The molecule has 2 heterocycles. The van der Waals surface area contributed by atoms with E-state index in [-0.39, 0.29) is 23.6 Å². The van der Waals surface area contributed by atoms with Crippen molar-refractivity contribution in [3.8, 4) is 0 Å². The Bertz CT molecular complexity index is 439. The zero-order valence-corrected chi connectivity index (χ0v) is 13.1. The highest BCUT2D eigenvalue weighted by Crippen LogP contribution is 2.38. The van der Waals surface area contributed by atoms with Crippen LogP contribution in [0.15, 0.2) is 0 Å².